The first-order valence-corrected chi connectivity index (χ1v) is 12.4. The van der Waals surface area contributed by atoms with Crippen LogP contribution >= 0.6 is 22.7 Å². The maximum absolute atomic E-state index is 13.1. The van der Waals surface area contributed by atoms with E-state index in [-0.39, 0.29) is 11.8 Å². The van der Waals surface area contributed by atoms with Crippen LogP contribution < -0.4 is 4.74 Å². The number of nitrogens with zero attached hydrogens (tertiary/aromatic N) is 4. The van der Waals surface area contributed by atoms with Crippen molar-refractivity contribution >= 4 is 49.8 Å². The molecule has 0 saturated carbocycles. The number of ether oxygens (including phenoxy) is 1. The van der Waals surface area contributed by atoms with Crippen LogP contribution in [0.3, 0.4) is 0 Å². The monoisotopic (exact) mass is 468 g/mol. The second-order valence-corrected chi connectivity index (χ2v) is 9.75. The van der Waals surface area contributed by atoms with E-state index in [0.717, 1.165) is 33.0 Å². The van der Waals surface area contributed by atoms with Gasteiger partial charge in [0, 0.05) is 44.2 Å². The largest absolute Gasteiger partial charge is 0.497 e. The summed E-state index contributed by atoms with van der Waals surface area (Å²) in [7, 11) is 1.64. The van der Waals surface area contributed by atoms with E-state index in [1.807, 2.05) is 56.1 Å². The van der Waals surface area contributed by atoms with Gasteiger partial charge in [0.2, 0.25) is 5.91 Å². The van der Waals surface area contributed by atoms with Crippen LogP contribution in [0.5, 0.6) is 5.75 Å². The topological polar surface area (TPSA) is 67.2 Å². The van der Waals surface area contributed by atoms with Crippen LogP contribution in [0.1, 0.15) is 28.1 Å². The highest BCUT2D eigenvalue weighted by atomic mass is 32.1. The fourth-order valence-electron chi connectivity index (χ4n) is 4.08. The lowest BCUT2D eigenvalue weighted by Crippen LogP contribution is -2.37. The minimum atomic E-state index is 0.0320. The SMILES string of the molecule is COc1ccc(CCC(=O)N2CCCN(C(=O)c3cc4c(nc5sccn54)s3)CC2)cc1. The number of carbonyl (C=O) groups excluding carboxylic acids is 2. The average molecular weight is 469 g/mol. The molecule has 9 heteroatoms. The lowest BCUT2D eigenvalue weighted by Gasteiger charge is -2.22. The highest BCUT2D eigenvalue weighted by Crippen LogP contribution is 2.29. The van der Waals surface area contributed by atoms with Crippen LogP contribution in [0.2, 0.25) is 0 Å². The van der Waals surface area contributed by atoms with Crippen LogP contribution in [0, 0.1) is 0 Å². The summed E-state index contributed by atoms with van der Waals surface area (Å²) in [4.78, 5) is 36.8. The third-order valence-corrected chi connectivity index (χ3v) is 7.64. The van der Waals surface area contributed by atoms with Crippen LogP contribution in [-0.2, 0) is 11.2 Å². The van der Waals surface area contributed by atoms with Crippen LogP contribution in [0.15, 0.2) is 41.9 Å². The normalized spacial score (nSPS) is 14.8. The number of thiophene rings is 1. The Labute approximate surface area is 193 Å². The fourth-order valence-corrected chi connectivity index (χ4v) is 5.85. The number of methoxy groups -OCH3 is 1. The molecule has 0 atom stereocenters. The zero-order valence-corrected chi connectivity index (χ0v) is 19.5. The smallest absolute Gasteiger partial charge is 0.264 e. The van der Waals surface area contributed by atoms with Crippen molar-refractivity contribution in [3.05, 3.63) is 52.3 Å². The van der Waals surface area contributed by atoms with Gasteiger partial charge in [-0.15, -0.1) is 22.7 Å². The van der Waals surface area contributed by atoms with Crippen molar-refractivity contribution in [3.63, 3.8) is 0 Å². The van der Waals surface area contributed by atoms with Crippen molar-refractivity contribution in [2.24, 2.45) is 0 Å². The zero-order chi connectivity index (χ0) is 22.1. The van der Waals surface area contributed by atoms with Crippen molar-refractivity contribution in [3.8, 4) is 5.75 Å². The van der Waals surface area contributed by atoms with Crippen LogP contribution in [0.4, 0.5) is 0 Å². The highest BCUT2D eigenvalue weighted by Gasteiger charge is 2.24. The second kappa shape index (κ2) is 8.91. The zero-order valence-electron chi connectivity index (χ0n) is 17.8. The Bertz CT molecular complexity index is 1260. The van der Waals surface area contributed by atoms with Crippen LogP contribution in [0.25, 0.3) is 15.3 Å². The standard InChI is InChI=1S/C23H24N4O3S2/c1-30-17-6-3-16(4-7-17)5-8-20(28)25-9-2-10-26(12-11-25)22(29)19-15-18-21(32-19)24-23-27(18)13-14-31-23/h3-4,6-7,13-15H,2,5,8-12H2,1H3. The van der Waals surface area contributed by atoms with E-state index in [0.29, 0.717) is 43.9 Å². The van der Waals surface area contributed by atoms with Gasteiger partial charge in [0.25, 0.3) is 5.91 Å². The second-order valence-electron chi connectivity index (χ2n) is 7.84. The van der Waals surface area contributed by atoms with E-state index in [1.54, 1.807) is 18.4 Å². The summed E-state index contributed by atoms with van der Waals surface area (Å²) >= 11 is 3.04. The summed E-state index contributed by atoms with van der Waals surface area (Å²) in [5, 5.41) is 2.00. The molecule has 1 fully saturated rings. The molecule has 5 rings (SSSR count). The summed E-state index contributed by atoms with van der Waals surface area (Å²) in [6.45, 7) is 2.49. The molecule has 7 nitrogen and oxygen atoms in total. The number of amides is 2. The first-order chi connectivity index (χ1) is 15.6. The van der Waals surface area contributed by atoms with Gasteiger partial charge in [-0.25, -0.2) is 4.98 Å². The molecule has 3 aromatic heterocycles. The molecule has 0 bridgehead atoms. The lowest BCUT2D eigenvalue weighted by molar-refractivity contribution is -0.131. The molecule has 1 aliphatic heterocycles. The van der Waals surface area contributed by atoms with Crippen molar-refractivity contribution in [1.82, 2.24) is 19.2 Å². The van der Waals surface area contributed by atoms with Crippen molar-refractivity contribution in [2.45, 2.75) is 19.3 Å². The predicted octanol–water partition coefficient (Wildman–Crippen LogP) is 3.93. The van der Waals surface area contributed by atoms with Gasteiger partial charge in [-0.1, -0.05) is 12.1 Å². The molecule has 0 unspecified atom stereocenters. The van der Waals surface area contributed by atoms with E-state index in [2.05, 4.69) is 4.98 Å². The third kappa shape index (κ3) is 4.10. The summed E-state index contributed by atoms with van der Waals surface area (Å²) in [6, 6.07) is 9.77. The quantitative estimate of drug-likeness (QED) is 0.445. The first-order valence-electron chi connectivity index (χ1n) is 10.7. The first kappa shape index (κ1) is 21.0. The molecule has 166 valence electrons. The Hall–Kier alpha value is -2.91. The number of imidazole rings is 1. The molecule has 0 N–H and O–H groups in total. The molecular formula is C23H24N4O3S2. The van der Waals surface area contributed by atoms with Gasteiger partial charge in [-0.3, -0.25) is 14.0 Å². The van der Waals surface area contributed by atoms with E-state index in [1.165, 1.54) is 11.3 Å². The molecule has 0 spiro atoms. The fraction of sp³-hybridized carbons (Fsp3) is 0.348. The Morgan fingerprint density at radius 2 is 1.88 bits per heavy atom. The molecule has 32 heavy (non-hydrogen) atoms. The van der Waals surface area contributed by atoms with Gasteiger partial charge >= 0.3 is 0 Å². The van der Waals surface area contributed by atoms with Gasteiger partial charge in [0.05, 0.1) is 17.5 Å². The lowest BCUT2D eigenvalue weighted by atomic mass is 10.1. The molecule has 2 amide bonds. The summed E-state index contributed by atoms with van der Waals surface area (Å²) in [5.41, 5.74) is 2.10. The summed E-state index contributed by atoms with van der Waals surface area (Å²) in [5.74, 6) is 0.992. The summed E-state index contributed by atoms with van der Waals surface area (Å²) in [6.07, 6.45) is 3.95. The number of rotatable bonds is 5. The third-order valence-electron chi connectivity index (χ3n) is 5.87. The van der Waals surface area contributed by atoms with Crippen molar-refractivity contribution < 1.29 is 14.3 Å². The van der Waals surface area contributed by atoms with Gasteiger partial charge in [-0.05, 0) is 36.6 Å². The number of carbonyl (C=O) groups is 2. The highest BCUT2D eigenvalue weighted by molar-refractivity contribution is 7.21. The molecule has 4 heterocycles. The van der Waals surface area contributed by atoms with Crippen molar-refractivity contribution in [2.75, 3.05) is 33.3 Å². The van der Waals surface area contributed by atoms with Crippen molar-refractivity contribution in [1.29, 1.82) is 0 Å². The summed E-state index contributed by atoms with van der Waals surface area (Å²) < 4.78 is 7.21. The molecule has 4 aromatic rings. The molecule has 1 saturated heterocycles. The number of thiazole rings is 1. The van der Waals surface area contributed by atoms with E-state index in [9.17, 15) is 9.59 Å². The predicted molar refractivity (Wildman–Crippen MR) is 127 cm³/mol. The molecule has 1 aromatic carbocycles. The molecule has 1 aliphatic rings. The number of aryl methyl sites for hydroxylation is 1. The minimum absolute atomic E-state index is 0.0320. The van der Waals surface area contributed by atoms with Gasteiger partial charge in [0.1, 0.15) is 10.6 Å². The average Bonchev–Trinajstić information content (AvgIpc) is 3.45. The number of aromatic nitrogens is 2. The molecular weight excluding hydrogens is 444 g/mol. The van der Waals surface area contributed by atoms with Gasteiger partial charge in [0.15, 0.2) is 4.96 Å². The van der Waals surface area contributed by atoms with E-state index < -0.39 is 0 Å². The Balaban J connectivity index is 1.19. The van der Waals surface area contributed by atoms with Gasteiger partial charge in [-0.2, -0.15) is 0 Å². The number of benzene rings is 1. The minimum Gasteiger partial charge on any atom is -0.497 e. The van der Waals surface area contributed by atoms with Gasteiger partial charge < -0.3 is 14.5 Å². The number of hydrogen-bond donors (Lipinski definition) is 0. The molecule has 0 radical (unpaired) electrons. The maximum atomic E-state index is 13.1. The van der Waals surface area contributed by atoms with E-state index >= 15 is 0 Å². The Kier molecular flexibility index (Phi) is 5.84. The Morgan fingerprint density at radius 1 is 1.09 bits per heavy atom. The maximum Gasteiger partial charge on any atom is 0.264 e. The number of fused-ring (bicyclic) bond motifs is 3. The number of hydrogen-bond acceptors (Lipinski definition) is 6. The van der Waals surface area contributed by atoms with E-state index in [4.69, 9.17) is 4.74 Å². The van der Waals surface area contributed by atoms with Crippen LogP contribution in [-0.4, -0.2) is 64.3 Å². The molecule has 0 aliphatic carbocycles. The Morgan fingerprint density at radius 3 is 2.69 bits per heavy atom.